The van der Waals surface area contributed by atoms with E-state index in [0.717, 1.165) is 19.0 Å². The summed E-state index contributed by atoms with van der Waals surface area (Å²) in [5.41, 5.74) is 1.36. The molecule has 0 radical (unpaired) electrons. The normalized spacial score (nSPS) is 16.6. The summed E-state index contributed by atoms with van der Waals surface area (Å²) < 4.78 is 2.37. The molecule has 1 heterocycles. The first-order valence-corrected chi connectivity index (χ1v) is 8.68. The van der Waals surface area contributed by atoms with E-state index in [-0.39, 0.29) is 0 Å². The third-order valence-electron chi connectivity index (χ3n) is 4.89. The summed E-state index contributed by atoms with van der Waals surface area (Å²) in [5.74, 6) is 1.000. The number of nitrogens with zero attached hydrogens (tertiary/aromatic N) is 1. The van der Waals surface area contributed by atoms with Crippen molar-refractivity contribution in [2.45, 2.75) is 51.5 Å². The molecular formula is C19H28N2. The quantitative estimate of drug-likeness (QED) is 0.736. The van der Waals surface area contributed by atoms with E-state index in [1.807, 2.05) is 0 Å². The van der Waals surface area contributed by atoms with E-state index in [1.54, 1.807) is 0 Å². The molecule has 0 bridgehead atoms. The van der Waals surface area contributed by atoms with Crippen molar-refractivity contribution in [3.63, 3.8) is 0 Å². The van der Waals surface area contributed by atoms with Crippen LogP contribution in [0.15, 0.2) is 36.5 Å². The molecule has 1 fully saturated rings. The number of para-hydroxylation sites is 1. The van der Waals surface area contributed by atoms with E-state index >= 15 is 0 Å². The largest absolute Gasteiger partial charge is 0.347 e. The molecule has 2 nitrogen and oxygen atoms in total. The molecule has 2 aromatic rings. The van der Waals surface area contributed by atoms with Crippen LogP contribution in [0.4, 0.5) is 0 Å². The molecule has 1 aromatic carbocycles. The van der Waals surface area contributed by atoms with Gasteiger partial charge in [0.1, 0.15) is 0 Å². The minimum absolute atomic E-state index is 1.000. The lowest BCUT2D eigenvalue weighted by Gasteiger charge is -2.21. The van der Waals surface area contributed by atoms with Crippen LogP contribution < -0.4 is 5.32 Å². The molecule has 0 aliphatic heterocycles. The molecule has 1 aromatic heterocycles. The molecule has 1 aliphatic rings. The maximum Gasteiger partial charge on any atom is 0.0480 e. The van der Waals surface area contributed by atoms with Gasteiger partial charge in [-0.05, 0) is 49.4 Å². The second-order valence-corrected chi connectivity index (χ2v) is 6.46. The smallest absolute Gasteiger partial charge is 0.0480 e. The zero-order valence-electron chi connectivity index (χ0n) is 13.1. The zero-order chi connectivity index (χ0) is 14.3. The van der Waals surface area contributed by atoms with E-state index in [1.165, 1.54) is 62.4 Å². The maximum atomic E-state index is 3.63. The van der Waals surface area contributed by atoms with Gasteiger partial charge in [-0.2, -0.15) is 0 Å². The fraction of sp³-hybridized carbons (Fsp3) is 0.579. The first-order valence-electron chi connectivity index (χ1n) is 8.68. The Kier molecular flexibility index (Phi) is 5.34. The van der Waals surface area contributed by atoms with Crippen molar-refractivity contribution in [3.05, 3.63) is 36.5 Å². The molecule has 1 N–H and O–H groups in total. The van der Waals surface area contributed by atoms with Gasteiger partial charge in [0, 0.05) is 18.3 Å². The SMILES string of the molecule is c1ccc2c(c1)ccn2CCCNCCC1CCCCC1. The topological polar surface area (TPSA) is 17.0 Å². The lowest BCUT2D eigenvalue weighted by Crippen LogP contribution is -2.21. The van der Waals surface area contributed by atoms with E-state index in [9.17, 15) is 0 Å². The van der Waals surface area contributed by atoms with Gasteiger partial charge in [0.05, 0.1) is 0 Å². The predicted octanol–water partition coefficient (Wildman–Crippen LogP) is 4.59. The van der Waals surface area contributed by atoms with Crippen molar-refractivity contribution in [2.24, 2.45) is 5.92 Å². The van der Waals surface area contributed by atoms with Crippen LogP contribution in [-0.2, 0) is 6.54 Å². The highest BCUT2D eigenvalue weighted by Crippen LogP contribution is 2.25. The highest BCUT2D eigenvalue weighted by Gasteiger charge is 2.12. The van der Waals surface area contributed by atoms with Crippen LogP contribution in [0, 0.1) is 5.92 Å². The molecule has 3 rings (SSSR count). The van der Waals surface area contributed by atoms with E-state index in [2.05, 4.69) is 46.4 Å². The van der Waals surface area contributed by atoms with E-state index in [4.69, 9.17) is 0 Å². The highest BCUT2D eigenvalue weighted by molar-refractivity contribution is 5.79. The number of rotatable bonds is 7. The molecule has 0 amide bonds. The summed E-state index contributed by atoms with van der Waals surface area (Å²) in [6, 6.07) is 10.9. The van der Waals surface area contributed by atoms with Gasteiger partial charge in [-0.3, -0.25) is 0 Å². The second-order valence-electron chi connectivity index (χ2n) is 6.46. The number of hydrogen-bond donors (Lipinski definition) is 1. The third-order valence-corrected chi connectivity index (χ3v) is 4.89. The van der Waals surface area contributed by atoms with Gasteiger partial charge >= 0.3 is 0 Å². The van der Waals surface area contributed by atoms with Gasteiger partial charge in [-0.1, -0.05) is 50.3 Å². The summed E-state index contributed by atoms with van der Waals surface area (Å²) in [7, 11) is 0. The maximum absolute atomic E-state index is 3.63. The number of nitrogens with one attached hydrogen (secondary N) is 1. The fourth-order valence-electron chi connectivity index (χ4n) is 3.62. The Balaban J connectivity index is 1.33. The number of aryl methyl sites for hydroxylation is 1. The summed E-state index contributed by atoms with van der Waals surface area (Å²) >= 11 is 0. The minimum Gasteiger partial charge on any atom is -0.347 e. The molecule has 1 aliphatic carbocycles. The molecule has 0 saturated heterocycles. The Morgan fingerprint density at radius 3 is 2.76 bits per heavy atom. The fourth-order valence-corrected chi connectivity index (χ4v) is 3.62. The van der Waals surface area contributed by atoms with E-state index in [0.29, 0.717) is 0 Å². The first kappa shape index (κ1) is 14.6. The molecule has 1 saturated carbocycles. The van der Waals surface area contributed by atoms with Gasteiger partial charge in [-0.25, -0.2) is 0 Å². The number of hydrogen-bond acceptors (Lipinski definition) is 1. The average Bonchev–Trinajstić information content (AvgIpc) is 2.95. The highest BCUT2D eigenvalue weighted by atomic mass is 15.0. The summed E-state index contributed by atoms with van der Waals surface area (Å²) in [5, 5.41) is 4.98. The Hall–Kier alpha value is -1.28. The minimum atomic E-state index is 1.000. The summed E-state index contributed by atoms with van der Waals surface area (Å²) in [6.45, 7) is 3.46. The Labute approximate surface area is 128 Å². The van der Waals surface area contributed by atoms with Crippen molar-refractivity contribution in [1.29, 1.82) is 0 Å². The van der Waals surface area contributed by atoms with Crippen LogP contribution in [0.3, 0.4) is 0 Å². The summed E-state index contributed by atoms with van der Waals surface area (Å²) in [6.07, 6.45) is 12.1. The Morgan fingerprint density at radius 2 is 1.86 bits per heavy atom. The predicted molar refractivity (Wildman–Crippen MR) is 90.6 cm³/mol. The molecule has 0 atom stereocenters. The van der Waals surface area contributed by atoms with Gasteiger partial charge in [0.2, 0.25) is 0 Å². The van der Waals surface area contributed by atoms with Crippen molar-refractivity contribution >= 4 is 10.9 Å². The van der Waals surface area contributed by atoms with Crippen molar-refractivity contribution < 1.29 is 0 Å². The monoisotopic (exact) mass is 284 g/mol. The van der Waals surface area contributed by atoms with Gasteiger partial charge in [-0.15, -0.1) is 0 Å². The standard InChI is InChI=1S/C19H28N2/c1-2-7-17(8-3-1)11-14-20-13-6-15-21-16-12-18-9-4-5-10-19(18)21/h4-5,9-10,12,16-17,20H,1-3,6-8,11,13-15H2. The van der Waals surface area contributed by atoms with Crippen molar-refractivity contribution in [2.75, 3.05) is 13.1 Å². The molecule has 2 heteroatoms. The van der Waals surface area contributed by atoms with Gasteiger partial charge < -0.3 is 9.88 Å². The molecule has 114 valence electrons. The molecule has 21 heavy (non-hydrogen) atoms. The average molecular weight is 284 g/mol. The first-order chi connectivity index (χ1) is 10.4. The van der Waals surface area contributed by atoms with Gasteiger partial charge in [0.25, 0.3) is 0 Å². The Bertz CT molecular complexity index is 537. The lowest BCUT2D eigenvalue weighted by molar-refractivity contribution is 0.333. The van der Waals surface area contributed by atoms with Crippen molar-refractivity contribution in [3.8, 4) is 0 Å². The Morgan fingerprint density at radius 1 is 1.00 bits per heavy atom. The van der Waals surface area contributed by atoms with Crippen LogP contribution in [-0.4, -0.2) is 17.7 Å². The van der Waals surface area contributed by atoms with Gasteiger partial charge in [0.15, 0.2) is 0 Å². The third kappa shape index (κ3) is 4.10. The van der Waals surface area contributed by atoms with E-state index < -0.39 is 0 Å². The van der Waals surface area contributed by atoms with Crippen LogP contribution >= 0.6 is 0 Å². The van der Waals surface area contributed by atoms with Crippen LogP contribution in [0.5, 0.6) is 0 Å². The van der Waals surface area contributed by atoms with Crippen LogP contribution in [0.2, 0.25) is 0 Å². The van der Waals surface area contributed by atoms with Crippen molar-refractivity contribution in [1.82, 2.24) is 9.88 Å². The lowest BCUT2D eigenvalue weighted by atomic mass is 9.87. The number of benzene rings is 1. The molecule has 0 unspecified atom stereocenters. The molecule has 0 spiro atoms. The number of aromatic nitrogens is 1. The number of fused-ring (bicyclic) bond motifs is 1. The molecular weight excluding hydrogens is 256 g/mol. The van der Waals surface area contributed by atoms with Crippen LogP contribution in [0.1, 0.15) is 44.9 Å². The summed E-state index contributed by atoms with van der Waals surface area (Å²) in [4.78, 5) is 0. The van der Waals surface area contributed by atoms with Crippen LogP contribution in [0.25, 0.3) is 10.9 Å². The second kappa shape index (κ2) is 7.65. The zero-order valence-corrected chi connectivity index (χ0v) is 13.1.